The lowest BCUT2D eigenvalue weighted by molar-refractivity contribution is -0.123. The summed E-state index contributed by atoms with van der Waals surface area (Å²) in [5.41, 5.74) is 3.79. The molecule has 114 valence electrons. The van der Waals surface area contributed by atoms with Crippen molar-refractivity contribution in [3.05, 3.63) is 65.2 Å². The zero-order valence-electron chi connectivity index (χ0n) is 12.8. The maximum Gasteiger partial charge on any atom is 0.258 e. The first kappa shape index (κ1) is 14.6. The topological polar surface area (TPSA) is 38.3 Å². The summed E-state index contributed by atoms with van der Waals surface area (Å²) < 4.78 is 5.60. The molecule has 0 spiro atoms. The van der Waals surface area contributed by atoms with Crippen molar-refractivity contribution in [3.63, 3.8) is 0 Å². The number of carbonyl (C=O) groups excluding carboxylic acids is 1. The van der Waals surface area contributed by atoms with E-state index in [-0.39, 0.29) is 18.6 Å². The van der Waals surface area contributed by atoms with Crippen LogP contribution in [0.2, 0.25) is 0 Å². The number of amides is 1. The fourth-order valence-corrected chi connectivity index (χ4v) is 2.95. The van der Waals surface area contributed by atoms with Gasteiger partial charge in [0.25, 0.3) is 5.91 Å². The van der Waals surface area contributed by atoms with Crippen molar-refractivity contribution in [3.8, 4) is 5.75 Å². The van der Waals surface area contributed by atoms with E-state index < -0.39 is 0 Å². The molecule has 0 heterocycles. The molecule has 1 aliphatic carbocycles. The Morgan fingerprint density at radius 2 is 2.09 bits per heavy atom. The zero-order valence-corrected chi connectivity index (χ0v) is 12.8. The van der Waals surface area contributed by atoms with Crippen LogP contribution in [0.3, 0.4) is 0 Å². The Labute approximate surface area is 131 Å². The molecule has 2 aromatic carbocycles. The number of rotatable bonds is 5. The van der Waals surface area contributed by atoms with Crippen LogP contribution in [0.4, 0.5) is 0 Å². The lowest BCUT2D eigenvalue weighted by atomic mass is 10.1. The van der Waals surface area contributed by atoms with Gasteiger partial charge in [0.1, 0.15) is 5.75 Å². The Hall–Kier alpha value is -2.29. The van der Waals surface area contributed by atoms with Crippen LogP contribution in [-0.4, -0.2) is 12.5 Å². The first-order valence-corrected chi connectivity index (χ1v) is 7.85. The number of fused-ring (bicyclic) bond motifs is 1. The minimum atomic E-state index is -0.0661. The van der Waals surface area contributed by atoms with Gasteiger partial charge >= 0.3 is 0 Å². The van der Waals surface area contributed by atoms with E-state index in [9.17, 15) is 4.79 Å². The van der Waals surface area contributed by atoms with E-state index in [1.165, 1.54) is 16.7 Å². The lowest BCUT2D eigenvalue weighted by Crippen LogP contribution is -2.31. The summed E-state index contributed by atoms with van der Waals surface area (Å²) in [6, 6.07) is 16.3. The van der Waals surface area contributed by atoms with E-state index in [0.717, 1.165) is 25.0 Å². The Kier molecular flexibility index (Phi) is 4.42. The molecule has 0 aromatic heterocycles. The summed E-state index contributed by atoms with van der Waals surface area (Å²) in [4.78, 5) is 12.1. The average Bonchev–Trinajstić information content (AvgIpc) is 2.96. The third-order valence-electron chi connectivity index (χ3n) is 4.14. The van der Waals surface area contributed by atoms with Gasteiger partial charge in [-0.1, -0.05) is 43.3 Å². The molecule has 1 N–H and O–H groups in total. The highest BCUT2D eigenvalue weighted by Gasteiger charge is 2.23. The van der Waals surface area contributed by atoms with Crippen molar-refractivity contribution in [2.45, 2.75) is 32.2 Å². The van der Waals surface area contributed by atoms with Crippen LogP contribution >= 0.6 is 0 Å². The molecular formula is C19H21NO2. The Balaban J connectivity index is 1.55. The molecule has 1 amide bonds. The zero-order chi connectivity index (χ0) is 15.4. The van der Waals surface area contributed by atoms with E-state index in [4.69, 9.17) is 4.74 Å². The van der Waals surface area contributed by atoms with Crippen molar-refractivity contribution < 1.29 is 9.53 Å². The normalized spacial score (nSPS) is 16.1. The van der Waals surface area contributed by atoms with Gasteiger partial charge in [0.05, 0.1) is 6.04 Å². The van der Waals surface area contributed by atoms with E-state index in [1.807, 2.05) is 30.3 Å². The third kappa shape index (κ3) is 3.30. The van der Waals surface area contributed by atoms with Gasteiger partial charge in [-0.15, -0.1) is 0 Å². The first-order chi connectivity index (χ1) is 10.8. The van der Waals surface area contributed by atoms with E-state index >= 15 is 0 Å². The van der Waals surface area contributed by atoms with Gasteiger partial charge in [-0.25, -0.2) is 0 Å². The summed E-state index contributed by atoms with van der Waals surface area (Å²) in [6.45, 7) is 2.16. The highest BCUT2D eigenvalue weighted by Crippen LogP contribution is 2.30. The first-order valence-electron chi connectivity index (χ1n) is 7.85. The molecule has 0 aliphatic heterocycles. The molecular weight excluding hydrogens is 274 g/mol. The molecule has 22 heavy (non-hydrogen) atoms. The minimum Gasteiger partial charge on any atom is -0.484 e. The van der Waals surface area contributed by atoms with Gasteiger partial charge in [0.15, 0.2) is 6.61 Å². The van der Waals surface area contributed by atoms with Crippen LogP contribution in [-0.2, 0) is 17.6 Å². The van der Waals surface area contributed by atoms with E-state index in [1.54, 1.807) is 0 Å². The summed E-state index contributed by atoms with van der Waals surface area (Å²) in [5, 5.41) is 3.07. The van der Waals surface area contributed by atoms with Crippen molar-refractivity contribution in [2.75, 3.05) is 6.61 Å². The van der Waals surface area contributed by atoms with Crippen LogP contribution in [0.5, 0.6) is 5.75 Å². The molecule has 1 atom stereocenters. The molecule has 0 radical (unpaired) electrons. The Bertz CT molecular complexity index is 666. The minimum absolute atomic E-state index is 0.0613. The summed E-state index contributed by atoms with van der Waals surface area (Å²) in [7, 11) is 0. The second-order valence-corrected chi connectivity index (χ2v) is 5.65. The summed E-state index contributed by atoms with van der Waals surface area (Å²) in [6.07, 6.45) is 2.96. The van der Waals surface area contributed by atoms with Gasteiger partial charge in [-0.2, -0.15) is 0 Å². The Morgan fingerprint density at radius 3 is 2.95 bits per heavy atom. The quantitative estimate of drug-likeness (QED) is 0.917. The monoisotopic (exact) mass is 295 g/mol. The maximum atomic E-state index is 12.1. The highest BCUT2D eigenvalue weighted by atomic mass is 16.5. The largest absolute Gasteiger partial charge is 0.484 e. The lowest BCUT2D eigenvalue weighted by Gasteiger charge is -2.14. The number of hydrogen-bond donors (Lipinski definition) is 1. The number of hydrogen-bond acceptors (Lipinski definition) is 2. The molecule has 0 bridgehead atoms. The standard InChI is InChI=1S/C19H21NO2/c1-2-14-6-5-8-16(12-14)22-13-19(21)20-18-11-10-15-7-3-4-9-17(15)18/h3-9,12,18H,2,10-11,13H2,1H3,(H,20,21). The number of carbonyl (C=O) groups is 1. The molecule has 1 aliphatic rings. The van der Waals surface area contributed by atoms with Crippen molar-refractivity contribution in [2.24, 2.45) is 0 Å². The smallest absolute Gasteiger partial charge is 0.258 e. The molecule has 0 saturated carbocycles. The second kappa shape index (κ2) is 6.65. The Morgan fingerprint density at radius 1 is 1.23 bits per heavy atom. The van der Waals surface area contributed by atoms with Crippen LogP contribution in [0.1, 0.15) is 36.1 Å². The number of benzene rings is 2. The molecule has 2 aromatic rings. The summed E-state index contributed by atoms with van der Waals surface area (Å²) >= 11 is 0. The highest BCUT2D eigenvalue weighted by molar-refractivity contribution is 5.78. The van der Waals surface area contributed by atoms with Gasteiger partial charge < -0.3 is 10.1 Å². The van der Waals surface area contributed by atoms with Crippen molar-refractivity contribution in [1.82, 2.24) is 5.32 Å². The SMILES string of the molecule is CCc1cccc(OCC(=O)NC2CCc3ccccc32)c1. The van der Waals surface area contributed by atoms with E-state index in [0.29, 0.717) is 0 Å². The van der Waals surface area contributed by atoms with Crippen LogP contribution < -0.4 is 10.1 Å². The molecule has 3 nitrogen and oxygen atoms in total. The summed E-state index contributed by atoms with van der Waals surface area (Å²) in [5.74, 6) is 0.685. The fourth-order valence-electron chi connectivity index (χ4n) is 2.95. The van der Waals surface area contributed by atoms with Gasteiger partial charge in [0, 0.05) is 0 Å². The van der Waals surface area contributed by atoms with Crippen LogP contribution in [0.15, 0.2) is 48.5 Å². The van der Waals surface area contributed by atoms with Crippen LogP contribution in [0, 0.1) is 0 Å². The maximum absolute atomic E-state index is 12.1. The van der Waals surface area contributed by atoms with Crippen LogP contribution in [0.25, 0.3) is 0 Å². The number of aryl methyl sites for hydroxylation is 2. The molecule has 3 heteroatoms. The van der Waals surface area contributed by atoms with Crippen molar-refractivity contribution in [1.29, 1.82) is 0 Å². The molecule has 0 saturated heterocycles. The van der Waals surface area contributed by atoms with Gasteiger partial charge in [-0.3, -0.25) is 4.79 Å². The second-order valence-electron chi connectivity index (χ2n) is 5.65. The molecule has 3 rings (SSSR count). The predicted octanol–water partition coefficient (Wildman–Crippen LogP) is 3.43. The van der Waals surface area contributed by atoms with Gasteiger partial charge in [0.2, 0.25) is 0 Å². The van der Waals surface area contributed by atoms with Crippen molar-refractivity contribution >= 4 is 5.91 Å². The number of ether oxygens (including phenoxy) is 1. The van der Waals surface area contributed by atoms with Gasteiger partial charge in [-0.05, 0) is 48.1 Å². The molecule has 1 unspecified atom stereocenters. The average molecular weight is 295 g/mol. The predicted molar refractivity (Wildman–Crippen MR) is 87.0 cm³/mol. The molecule has 0 fully saturated rings. The fraction of sp³-hybridized carbons (Fsp3) is 0.316. The third-order valence-corrected chi connectivity index (χ3v) is 4.14. The number of nitrogens with one attached hydrogen (secondary N) is 1. The van der Waals surface area contributed by atoms with E-state index in [2.05, 4.69) is 30.4 Å².